The van der Waals surface area contributed by atoms with Crippen LogP contribution in [0.4, 0.5) is 10.3 Å². The van der Waals surface area contributed by atoms with Crippen LogP contribution >= 0.6 is 11.3 Å². The van der Waals surface area contributed by atoms with Crippen LogP contribution in [0.25, 0.3) is 11.4 Å². The number of aryl methyl sites for hydroxylation is 1. The number of fused-ring (bicyclic) bond motifs is 1. The molecule has 21 heavy (non-hydrogen) atoms. The summed E-state index contributed by atoms with van der Waals surface area (Å²) in [6.07, 6.45) is -0.0506. The second-order valence-corrected chi connectivity index (χ2v) is 5.47. The van der Waals surface area contributed by atoms with Gasteiger partial charge in [-0.3, -0.25) is 0 Å². The second-order valence-electron chi connectivity index (χ2n) is 4.58. The average Bonchev–Trinajstić information content (AvgIpc) is 2.97. The number of hydrogen-bond donors (Lipinski definition) is 1. The molecule has 7 heteroatoms. The van der Waals surface area contributed by atoms with Crippen LogP contribution < -0.4 is 5.32 Å². The van der Waals surface area contributed by atoms with Gasteiger partial charge in [0.1, 0.15) is 10.8 Å². The molecule has 5 nitrogen and oxygen atoms in total. The summed E-state index contributed by atoms with van der Waals surface area (Å²) in [6, 6.07) is 6.16. The number of aromatic nitrogens is 4. The van der Waals surface area contributed by atoms with Crippen molar-refractivity contribution < 1.29 is 4.39 Å². The molecular weight excluding hydrogens is 289 g/mol. The maximum absolute atomic E-state index is 12.9. The molecular formula is C14H14FN5S. The normalized spacial score (nSPS) is 15.6. The Morgan fingerprint density at radius 1 is 1.24 bits per heavy atom. The van der Waals surface area contributed by atoms with E-state index in [2.05, 4.69) is 20.4 Å². The third-order valence-electron chi connectivity index (χ3n) is 3.11. The van der Waals surface area contributed by atoms with Crippen LogP contribution in [0.3, 0.4) is 0 Å². The molecule has 0 saturated heterocycles. The van der Waals surface area contributed by atoms with E-state index >= 15 is 0 Å². The van der Waals surface area contributed by atoms with Crippen LogP contribution in [0, 0.1) is 12.7 Å². The van der Waals surface area contributed by atoms with Gasteiger partial charge in [-0.1, -0.05) is 7.43 Å². The van der Waals surface area contributed by atoms with Gasteiger partial charge in [-0.05, 0) is 31.2 Å². The molecule has 1 aliphatic rings. The van der Waals surface area contributed by atoms with E-state index in [9.17, 15) is 4.39 Å². The van der Waals surface area contributed by atoms with Gasteiger partial charge < -0.3 is 5.32 Å². The van der Waals surface area contributed by atoms with E-state index in [4.69, 9.17) is 0 Å². The van der Waals surface area contributed by atoms with E-state index in [1.165, 1.54) is 12.1 Å². The Kier molecular flexibility index (Phi) is 3.21. The first-order valence-electron chi connectivity index (χ1n) is 6.12. The molecule has 0 saturated carbocycles. The van der Waals surface area contributed by atoms with Gasteiger partial charge >= 0.3 is 0 Å². The van der Waals surface area contributed by atoms with E-state index in [0.29, 0.717) is 11.8 Å². The van der Waals surface area contributed by atoms with E-state index in [1.54, 1.807) is 28.2 Å². The van der Waals surface area contributed by atoms with Gasteiger partial charge in [-0.2, -0.15) is 4.98 Å². The quantitative estimate of drug-likeness (QED) is 0.787. The lowest BCUT2D eigenvalue weighted by molar-refractivity contribution is 0.508. The van der Waals surface area contributed by atoms with Gasteiger partial charge in [0.15, 0.2) is 12.0 Å². The zero-order valence-corrected chi connectivity index (χ0v) is 11.4. The topological polar surface area (TPSA) is 55.6 Å². The predicted octanol–water partition coefficient (Wildman–Crippen LogP) is 3.46. The fourth-order valence-corrected chi connectivity index (χ4v) is 2.93. The smallest absolute Gasteiger partial charge is 0.226 e. The molecule has 0 fully saturated rings. The summed E-state index contributed by atoms with van der Waals surface area (Å²) in [4.78, 5) is 8.82. The summed E-state index contributed by atoms with van der Waals surface area (Å²) in [7, 11) is 0. The Morgan fingerprint density at radius 2 is 2.00 bits per heavy atom. The lowest BCUT2D eigenvalue weighted by Crippen LogP contribution is -2.32. The summed E-state index contributed by atoms with van der Waals surface area (Å²) in [5.41, 5.74) is 1.79. The number of halogens is 1. The Morgan fingerprint density at radius 3 is 2.67 bits per heavy atom. The lowest BCUT2D eigenvalue weighted by atomic mass is 10.2. The van der Waals surface area contributed by atoms with Crippen LogP contribution in [0.15, 0.2) is 29.6 Å². The van der Waals surface area contributed by atoms with Crippen molar-refractivity contribution >= 4 is 17.3 Å². The molecule has 1 aromatic carbocycles. The Bertz CT molecular complexity index is 777. The van der Waals surface area contributed by atoms with Gasteiger partial charge in [0, 0.05) is 16.6 Å². The van der Waals surface area contributed by atoms with E-state index in [-0.39, 0.29) is 19.4 Å². The van der Waals surface area contributed by atoms with Crippen molar-refractivity contribution in [2.24, 2.45) is 0 Å². The van der Waals surface area contributed by atoms with Gasteiger partial charge in [0.2, 0.25) is 5.95 Å². The Hall–Kier alpha value is -2.28. The molecule has 3 heterocycles. The lowest BCUT2D eigenvalue weighted by Gasteiger charge is -2.26. The third-order valence-corrected chi connectivity index (χ3v) is 4.13. The maximum Gasteiger partial charge on any atom is 0.226 e. The van der Waals surface area contributed by atoms with Crippen molar-refractivity contribution in [1.82, 2.24) is 19.7 Å². The first-order chi connectivity index (χ1) is 9.70. The molecule has 1 unspecified atom stereocenters. The average molecular weight is 303 g/mol. The highest BCUT2D eigenvalue weighted by Gasteiger charge is 2.32. The molecule has 0 spiro atoms. The molecule has 1 aliphatic heterocycles. The van der Waals surface area contributed by atoms with Crippen molar-refractivity contribution in [2.45, 2.75) is 20.5 Å². The highest BCUT2D eigenvalue weighted by atomic mass is 32.1. The highest BCUT2D eigenvalue weighted by Crippen LogP contribution is 2.34. The summed E-state index contributed by atoms with van der Waals surface area (Å²) in [5, 5.41) is 10.6. The minimum Gasteiger partial charge on any atom is -0.327 e. The van der Waals surface area contributed by atoms with Crippen molar-refractivity contribution in [3.63, 3.8) is 0 Å². The molecule has 1 atom stereocenters. The molecule has 108 valence electrons. The fourth-order valence-electron chi connectivity index (χ4n) is 2.10. The number of rotatable bonds is 2. The fraction of sp³-hybridized carbons (Fsp3) is 0.214. The first kappa shape index (κ1) is 13.7. The van der Waals surface area contributed by atoms with Crippen LogP contribution in [-0.2, 0) is 0 Å². The zero-order chi connectivity index (χ0) is 13.7. The predicted molar refractivity (Wildman–Crippen MR) is 80.8 cm³/mol. The summed E-state index contributed by atoms with van der Waals surface area (Å²) < 4.78 is 14.7. The van der Waals surface area contributed by atoms with Crippen LogP contribution in [0.2, 0.25) is 0 Å². The van der Waals surface area contributed by atoms with Crippen LogP contribution in [0.5, 0.6) is 0 Å². The van der Waals surface area contributed by atoms with Gasteiger partial charge in [-0.25, -0.2) is 14.1 Å². The Labute approximate surface area is 125 Å². The molecule has 3 aromatic rings. The van der Waals surface area contributed by atoms with Gasteiger partial charge in [-0.15, -0.1) is 16.4 Å². The number of hydrogen-bond acceptors (Lipinski definition) is 5. The number of anilines is 1. The maximum atomic E-state index is 12.9. The molecule has 0 aliphatic carbocycles. The number of nitrogens with one attached hydrogen (secondary N) is 1. The van der Waals surface area contributed by atoms with E-state index in [1.807, 2.05) is 12.3 Å². The van der Waals surface area contributed by atoms with Crippen molar-refractivity contribution in [3.8, 4) is 11.4 Å². The summed E-state index contributed by atoms with van der Waals surface area (Å²) >= 11 is 1.59. The molecule has 0 radical (unpaired) electrons. The zero-order valence-electron chi connectivity index (χ0n) is 10.5. The van der Waals surface area contributed by atoms with Gasteiger partial charge in [0.05, 0.1) is 0 Å². The van der Waals surface area contributed by atoms with Crippen molar-refractivity contribution in [3.05, 3.63) is 46.2 Å². The molecule has 0 bridgehead atoms. The number of thiazole rings is 1. The second kappa shape index (κ2) is 4.92. The molecule has 1 N–H and O–H groups in total. The van der Waals surface area contributed by atoms with Crippen molar-refractivity contribution in [1.29, 1.82) is 0 Å². The van der Waals surface area contributed by atoms with Crippen LogP contribution in [-0.4, -0.2) is 19.7 Å². The third kappa shape index (κ3) is 2.19. The van der Waals surface area contributed by atoms with E-state index in [0.717, 1.165) is 16.3 Å². The standard InChI is InChI=1S/C13H10FN5S.CH4/c1-7-6-20-12(15-7)11-17-13-16-10(18-19(11)13)8-2-4-9(14)5-3-8;/h2-6,11H,1H3,(H,16,17,18);1H4. The number of nitrogens with zero attached hydrogens (tertiary/aromatic N) is 4. The molecule has 0 amide bonds. The van der Waals surface area contributed by atoms with Crippen molar-refractivity contribution in [2.75, 3.05) is 5.32 Å². The highest BCUT2D eigenvalue weighted by molar-refractivity contribution is 7.09. The largest absolute Gasteiger partial charge is 0.327 e. The SMILES string of the molecule is C.Cc1csc(C2Nc3nc(-c4ccc(F)cc4)nn32)n1. The van der Waals surface area contributed by atoms with Crippen LogP contribution in [0.1, 0.15) is 24.3 Å². The number of benzene rings is 1. The molecule has 2 aromatic heterocycles. The monoisotopic (exact) mass is 303 g/mol. The first-order valence-corrected chi connectivity index (χ1v) is 7.00. The minimum atomic E-state index is -0.266. The summed E-state index contributed by atoms with van der Waals surface area (Å²) in [6.45, 7) is 1.96. The summed E-state index contributed by atoms with van der Waals surface area (Å²) in [5.74, 6) is 1.03. The minimum absolute atomic E-state index is 0. The van der Waals surface area contributed by atoms with E-state index < -0.39 is 0 Å². The Balaban J connectivity index is 0.00000132. The van der Waals surface area contributed by atoms with Gasteiger partial charge in [0.25, 0.3) is 0 Å². The molecule has 4 rings (SSSR count).